The highest BCUT2D eigenvalue weighted by Crippen LogP contribution is 2.21. The lowest BCUT2D eigenvalue weighted by Crippen LogP contribution is -2.34. The van der Waals surface area contributed by atoms with Gasteiger partial charge in [-0.3, -0.25) is 0 Å². The normalized spacial score (nSPS) is 12.7. The molecule has 0 fully saturated rings. The van der Waals surface area contributed by atoms with Crippen LogP contribution < -0.4 is 0 Å². The molecule has 30 heavy (non-hydrogen) atoms. The Morgan fingerprint density at radius 3 is 2.30 bits per heavy atom. The Kier molecular flexibility index (Phi) is 6.16. The Morgan fingerprint density at radius 2 is 1.70 bits per heavy atom. The number of sulfone groups is 1. The number of hydrogen-bond acceptors (Lipinski definition) is 7. The topological polar surface area (TPSA) is 125 Å². The van der Waals surface area contributed by atoms with Crippen LogP contribution in [0.3, 0.4) is 0 Å². The highest BCUT2D eigenvalue weighted by Gasteiger charge is 2.33. The Balaban J connectivity index is 1.99. The zero-order valence-corrected chi connectivity index (χ0v) is 17.3. The number of aromatic nitrogens is 4. The Morgan fingerprint density at radius 1 is 1.07 bits per heavy atom. The molecule has 2 N–H and O–H groups in total. The molecule has 2 aromatic carbocycles. The van der Waals surface area contributed by atoms with Crippen LogP contribution in [0.1, 0.15) is 19.4 Å². The van der Waals surface area contributed by atoms with E-state index in [2.05, 4.69) is 15.5 Å². The smallest absolute Gasteiger partial charge is 0.272 e. The lowest BCUT2D eigenvalue weighted by molar-refractivity contribution is 0.577. The first-order valence-electron chi connectivity index (χ1n) is 9.20. The molecule has 1 atom stereocenters. The molecule has 3 rings (SSSR count). The van der Waals surface area contributed by atoms with Crippen LogP contribution in [0.4, 0.5) is 4.39 Å². The van der Waals surface area contributed by atoms with Crippen molar-refractivity contribution in [3.05, 3.63) is 66.0 Å². The first-order chi connectivity index (χ1) is 14.2. The molecule has 1 aromatic heterocycles. The molecule has 3 aromatic rings. The first-order valence-corrected chi connectivity index (χ1v) is 10.8. The molecular formula is C20H21FN6O2S. The minimum absolute atomic E-state index is 0.0731. The van der Waals surface area contributed by atoms with Gasteiger partial charge in [0.15, 0.2) is 0 Å². The Hall–Kier alpha value is -3.27. The van der Waals surface area contributed by atoms with Crippen molar-refractivity contribution in [1.29, 1.82) is 10.8 Å². The van der Waals surface area contributed by atoms with E-state index in [4.69, 9.17) is 10.8 Å². The molecular weight excluding hydrogens is 407 g/mol. The fraction of sp³-hybridized carbons (Fsp3) is 0.250. The van der Waals surface area contributed by atoms with Crippen molar-refractivity contribution >= 4 is 21.3 Å². The molecule has 8 nitrogen and oxygen atoms in total. The number of hydrogen-bond donors (Lipinski definition) is 2. The largest absolute Gasteiger partial charge is 0.309 e. The predicted molar refractivity (Wildman–Crippen MR) is 110 cm³/mol. The van der Waals surface area contributed by atoms with Crippen molar-refractivity contribution in [2.24, 2.45) is 11.8 Å². The number of para-hydroxylation sites is 1. The second kappa shape index (κ2) is 8.62. The van der Waals surface area contributed by atoms with Gasteiger partial charge in [0.05, 0.1) is 17.4 Å². The number of nitrogens with zero attached hydrogens (tertiary/aromatic N) is 4. The summed E-state index contributed by atoms with van der Waals surface area (Å²) in [4.78, 5) is 0. The minimum Gasteiger partial charge on any atom is -0.309 e. The van der Waals surface area contributed by atoms with Gasteiger partial charge in [-0.25, -0.2) is 12.8 Å². The number of halogens is 1. The second-order valence-corrected chi connectivity index (χ2v) is 9.00. The summed E-state index contributed by atoms with van der Waals surface area (Å²) in [5.74, 6) is -2.32. The van der Waals surface area contributed by atoms with Crippen LogP contribution in [0.2, 0.25) is 0 Å². The van der Waals surface area contributed by atoms with Crippen molar-refractivity contribution in [1.82, 2.24) is 20.2 Å². The van der Waals surface area contributed by atoms with E-state index < -0.39 is 27.3 Å². The van der Waals surface area contributed by atoms with Crippen LogP contribution in [0.25, 0.3) is 5.69 Å². The number of nitrogens with one attached hydrogen (secondary N) is 2. The highest BCUT2D eigenvalue weighted by molar-refractivity contribution is 7.91. The molecule has 0 amide bonds. The van der Waals surface area contributed by atoms with Gasteiger partial charge >= 0.3 is 0 Å². The highest BCUT2D eigenvalue weighted by atomic mass is 32.2. The molecule has 0 radical (unpaired) electrons. The zero-order chi connectivity index (χ0) is 21.9. The monoisotopic (exact) mass is 428 g/mol. The average molecular weight is 428 g/mol. The van der Waals surface area contributed by atoms with Crippen molar-refractivity contribution in [3.8, 4) is 5.69 Å². The maximum absolute atomic E-state index is 13.3. The Bertz CT molecular complexity index is 1160. The SMILES string of the molecule is CC(C)C(=N)C(CS(=O)(=O)c1nnnn1-c1ccccc1)C(=N)c1ccc(F)cc1. The van der Waals surface area contributed by atoms with Crippen LogP contribution >= 0.6 is 0 Å². The van der Waals surface area contributed by atoms with Gasteiger partial charge in [0.1, 0.15) is 5.82 Å². The van der Waals surface area contributed by atoms with Crippen LogP contribution in [0, 0.1) is 28.5 Å². The summed E-state index contributed by atoms with van der Waals surface area (Å²) in [7, 11) is -4.06. The second-order valence-electron chi connectivity index (χ2n) is 7.07. The van der Waals surface area contributed by atoms with Crippen LogP contribution in [-0.2, 0) is 9.84 Å². The van der Waals surface area contributed by atoms with Crippen molar-refractivity contribution in [2.75, 3.05) is 5.75 Å². The summed E-state index contributed by atoms with van der Waals surface area (Å²) >= 11 is 0. The van der Waals surface area contributed by atoms with Crippen LogP contribution in [-0.4, -0.2) is 45.8 Å². The molecule has 0 aliphatic rings. The van der Waals surface area contributed by atoms with Crippen LogP contribution in [0.15, 0.2) is 59.8 Å². The van der Waals surface area contributed by atoms with E-state index in [-0.39, 0.29) is 22.5 Å². The summed E-state index contributed by atoms with van der Waals surface area (Å²) in [6, 6.07) is 13.8. The zero-order valence-electron chi connectivity index (χ0n) is 16.4. The van der Waals surface area contributed by atoms with Gasteiger partial charge in [-0.05, 0) is 46.2 Å². The lowest BCUT2D eigenvalue weighted by Gasteiger charge is -2.21. The standard InChI is InChI=1S/C20H21FN6O2S/c1-13(2)18(22)17(19(23)14-8-10-15(21)11-9-14)12-30(28,29)20-24-25-26-27(20)16-6-4-3-5-7-16/h3-11,13,17,22-23H,12H2,1-2H3. The Labute approximate surface area is 173 Å². The van der Waals surface area contributed by atoms with E-state index >= 15 is 0 Å². The van der Waals surface area contributed by atoms with Gasteiger partial charge in [-0.2, -0.15) is 4.68 Å². The molecule has 0 bridgehead atoms. The van der Waals surface area contributed by atoms with Crippen molar-refractivity contribution in [3.63, 3.8) is 0 Å². The third-order valence-corrected chi connectivity index (χ3v) is 6.19. The number of benzene rings is 2. The number of tetrazole rings is 1. The van der Waals surface area contributed by atoms with E-state index in [1.807, 2.05) is 0 Å². The van der Waals surface area contributed by atoms with Crippen molar-refractivity contribution in [2.45, 2.75) is 19.0 Å². The number of rotatable bonds is 8. The van der Waals surface area contributed by atoms with E-state index in [9.17, 15) is 12.8 Å². The summed E-state index contributed by atoms with van der Waals surface area (Å²) in [5.41, 5.74) is 0.845. The van der Waals surface area contributed by atoms with Crippen molar-refractivity contribution < 1.29 is 12.8 Å². The summed E-state index contributed by atoms with van der Waals surface area (Å²) in [6.07, 6.45) is 0. The summed E-state index contributed by atoms with van der Waals surface area (Å²) < 4.78 is 40.8. The summed E-state index contributed by atoms with van der Waals surface area (Å²) in [6.45, 7) is 3.52. The van der Waals surface area contributed by atoms with Gasteiger partial charge < -0.3 is 10.8 Å². The minimum atomic E-state index is -4.06. The van der Waals surface area contributed by atoms with Gasteiger partial charge in [-0.1, -0.05) is 49.3 Å². The van der Waals surface area contributed by atoms with Gasteiger partial charge in [0.25, 0.3) is 5.16 Å². The molecule has 0 spiro atoms. The first kappa shape index (κ1) is 21.4. The van der Waals surface area contributed by atoms with Gasteiger partial charge in [0.2, 0.25) is 9.84 Å². The molecule has 1 unspecified atom stereocenters. The maximum Gasteiger partial charge on any atom is 0.272 e. The van der Waals surface area contributed by atoms with Gasteiger partial charge in [-0.15, -0.1) is 0 Å². The molecule has 0 saturated carbocycles. The third kappa shape index (κ3) is 4.48. The van der Waals surface area contributed by atoms with E-state index in [1.165, 1.54) is 24.3 Å². The molecule has 1 heterocycles. The van der Waals surface area contributed by atoms with E-state index in [0.29, 0.717) is 11.3 Å². The van der Waals surface area contributed by atoms with E-state index in [1.54, 1.807) is 44.2 Å². The third-order valence-electron chi connectivity index (χ3n) is 4.61. The quantitative estimate of drug-likeness (QED) is 0.534. The molecule has 0 aliphatic heterocycles. The average Bonchev–Trinajstić information content (AvgIpc) is 3.23. The maximum atomic E-state index is 13.3. The molecule has 156 valence electrons. The lowest BCUT2D eigenvalue weighted by atomic mass is 9.88. The van der Waals surface area contributed by atoms with Crippen LogP contribution in [0.5, 0.6) is 0 Å². The van der Waals surface area contributed by atoms with E-state index in [0.717, 1.165) is 4.68 Å². The summed E-state index contributed by atoms with van der Waals surface area (Å²) in [5, 5.41) is 27.5. The fourth-order valence-electron chi connectivity index (χ4n) is 2.96. The molecule has 10 heteroatoms. The molecule has 0 saturated heterocycles. The fourth-order valence-corrected chi connectivity index (χ4v) is 4.46. The van der Waals surface area contributed by atoms with Gasteiger partial charge in [0, 0.05) is 11.4 Å². The molecule has 0 aliphatic carbocycles. The predicted octanol–water partition coefficient (Wildman–Crippen LogP) is 2.94.